The van der Waals surface area contributed by atoms with Gasteiger partial charge in [-0.15, -0.1) is 11.3 Å². The molecule has 2 fully saturated rings. The molecule has 1 aliphatic carbocycles. The molecule has 0 amide bonds. The van der Waals surface area contributed by atoms with Crippen LogP contribution in [0.1, 0.15) is 20.3 Å². The van der Waals surface area contributed by atoms with Gasteiger partial charge in [0, 0.05) is 18.7 Å². The maximum Gasteiger partial charge on any atom is 0.189 e. The molecule has 4 atom stereocenters. The lowest BCUT2D eigenvalue weighted by Gasteiger charge is -2.24. The molecule has 1 aromatic carbocycles. The van der Waals surface area contributed by atoms with Crippen molar-refractivity contribution in [2.24, 2.45) is 5.92 Å². The fourth-order valence-corrected chi connectivity index (χ4v) is 5.62. The Morgan fingerprint density at radius 3 is 2.80 bits per heavy atom. The largest absolute Gasteiger partial charge is 0.396 e. The van der Waals surface area contributed by atoms with E-state index < -0.39 is 5.79 Å². The van der Waals surface area contributed by atoms with Crippen molar-refractivity contribution >= 4 is 39.1 Å². The predicted molar refractivity (Wildman–Crippen MR) is 119 cm³/mol. The first-order valence-corrected chi connectivity index (χ1v) is 12.0. The van der Waals surface area contributed by atoms with E-state index in [4.69, 9.17) is 19.4 Å². The quantitative estimate of drug-likeness (QED) is 0.454. The lowest BCUT2D eigenvalue weighted by molar-refractivity contribution is -0.158. The topological polar surface area (TPSA) is 89.4 Å². The number of rotatable bonds is 5. The van der Waals surface area contributed by atoms with Gasteiger partial charge in [-0.1, -0.05) is 23.9 Å². The molecule has 2 N–H and O–H groups in total. The Balaban J connectivity index is 1.50. The monoisotopic (exact) mass is 444 g/mol. The standard InChI is InChI=1S/C21H24N4O3S2/c1-21(2)27-16-11(10-26)8-14(17(16)28-21)23-18-12(9-22-20(25-18)29-3)19-24-13-6-4-5-7-15(13)30-19/h4-7,9,11,14,16-17,26H,8,10H2,1-3H3,(H,22,23,25)/t11-,14-,16-,17+/m1/s1. The predicted octanol–water partition coefficient (Wildman–Crippen LogP) is 3.79. The van der Waals surface area contributed by atoms with Gasteiger partial charge in [0.25, 0.3) is 0 Å². The van der Waals surface area contributed by atoms with E-state index in [-0.39, 0.29) is 30.8 Å². The highest BCUT2D eigenvalue weighted by atomic mass is 32.2. The Labute approximate surface area is 183 Å². The number of aromatic nitrogens is 3. The first-order chi connectivity index (χ1) is 14.5. The van der Waals surface area contributed by atoms with Gasteiger partial charge in [-0.25, -0.2) is 15.0 Å². The fourth-order valence-electron chi connectivity index (χ4n) is 4.30. The average Bonchev–Trinajstić information content (AvgIpc) is 3.39. The second kappa shape index (κ2) is 7.72. The number of aliphatic hydroxyl groups excluding tert-OH is 1. The smallest absolute Gasteiger partial charge is 0.189 e. The van der Waals surface area contributed by atoms with Crippen LogP contribution >= 0.6 is 23.1 Å². The summed E-state index contributed by atoms with van der Waals surface area (Å²) < 4.78 is 13.4. The van der Waals surface area contributed by atoms with Crippen LogP contribution in [0.15, 0.2) is 35.6 Å². The molecule has 2 aromatic heterocycles. The third-order valence-electron chi connectivity index (χ3n) is 5.61. The van der Waals surface area contributed by atoms with Crippen LogP contribution in [-0.4, -0.2) is 57.0 Å². The van der Waals surface area contributed by atoms with Gasteiger partial charge in [0.2, 0.25) is 0 Å². The molecule has 0 unspecified atom stereocenters. The van der Waals surface area contributed by atoms with Gasteiger partial charge >= 0.3 is 0 Å². The van der Waals surface area contributed by atoms with Gasteiger partial charge in [-0.2, -0.15) is 0 Å². The van der Waals surface area contributed by atoms with Crippen LogP contribution in [0, 0.1) is 5.92 Å². The number of nitrogens with one attached hydrogen (secondary N) is 1. The van der Waals surface area contributed by atoms with Crippen LogP contribution in [0.5, 0.6) is 0 Å². The van der Waals surface area contributed by atoms with Crippen molar-refractivity contribution in [3.63, 3.8) is 0 Å². The van der Waals surface area contributed by atoms with Crippen molar-refractivity contribution < 1.29 is 14.6 Å². The number of nitrogens with zero attached hydrogens (tertiary/aromatic N) is 3. The Hall–Kier alpha value is -1.78. The maximum atomic E-state index is 9.86. The number of aliphatic hydroxyl groups is 1. The second-order valence-electron chi connectivity index (χ2n) is 8.10. The Kier molecular flexibility index (Phi) is 5.19. The van der Waals surface area contributed by atoms with Crippen molar-refractivity contribution in [3.8, 4) is 10.6 Å². The highest BCUT2D eigenvalue weighted by molar-refractivity contribution is 7.98. The molecule has 9 heteroatoms. The minimum atomic E-state index is -0.658. The normalized spacial score (nSPS) is 27.5. The van der Waals surface area contributed by atoms with Gasteiger partial charge in [0.05, 0.1) is 27.9 Å². The van der Waals surface area contributed by atoms with E-state index in [9.17, 15) is 5.11 Å². The molecule has 5 rings (SSSR count). The van der Waals surface area contributed by atoms with Crippen LogP contribution in [0.3, 0.4) is 0 Å². The number of benzene rings is 1. The molecular formula is C21H24N4O3S2. The van der Waals surface area contributed by atoms with E-state index in [1.54, 1.807) is 11.3 Å². The molecule has 3 heterocycles. The van der Waals surface area contributed by atoms with Gasteiger partial charge in [0.1, 0.15) is 16.9 Å². The molecule has 1 aliphatic heterocycles. The molecule has 1 saturated heterocycles. The molecule has 0 radical (unpaired) electrons. The van der Waals surface area contributed by atoms with Crippen molar-refractivity contribution in [2.75, 3.05) is 18.2 Å². The van der Waals surface area contributed by atoms with Crippen LogP contribution < -0.4 is 5.32 Å². The Morgan fingerprint density at radius 2 is 2.03 bits per heavy atom. The first kappa shape index (κ1) is 20.1. The minimum Gasteiger partial charge on any atom is -0.396 e. The van der Waals surface area contributed by atoms with Crippen molar-refractivity contribution in [3.05, 3.63) is 30.5 Å². The van der Waals surface area contributed by atoms with Crippen LogP contribution in [0.4, 0.5) is 5.82 Å². The third kappa shape index (κ3) is 3.58. The van der Waals surface area contributed by atoms with Crippen molar-refractivity contribution in [1.82, 2.24) is 15.0 Å². The van der Waals surface area contributed by atoms with Gasteiger partial charge < -0.3 is 19.9 Å². The minimum absolute atomic E-state index is 0.0216. The summed E-state index contributed by atoms with van der Waals surface area (Å²) in [5.41, 5.74) is 1.84. The zero-order valence-electron chi connectivity index (χ0n) is 17.0. The maximum absolute atomic E-state index is 9.86. The Morgan fingerprint density at radius 1 is 1.23 bits per heavy atom. The number of thioether (sulfide) groups is 1. The second-order valence-corrected chi connectivity index (χ2v) is 9.90. The summed E-state index contributed by atoms with van der Waals surface area (Å²) in [4.78, 5) is 14.0. The van der Waals surface area contributed by atoms with Crippen LogP contribution in [0.2, 0.25) is 0 Å². The summed E-state index contributed by atoms with van der Waals surface area (Å²) in [5, 5.41) is 15.0. The SMILES string of the molecule is CSc1ncc(-c2nc3ccccc3s2)c(N[C@@H]2C[C@H](CO)[C@H]3OC(C)(C)O[C@H]32)n1. The highest BCUT2D eigenvalue weighted by Crippen LogP contribution is 2.43. The molecule has 3 aromatic rings. The summed E-state index contributed by atoms with van der Waals surface area (Å²) in [7, 11) is 0. The summed E-state index contributed by atoms with van der Waals surface area (Å²) in [5.74, 6) is 0.112. The Bertz CT molecular complexity index is 1040. The van der Waals surface area contributed by atoms with E-state index in [1.807, 2.05) is 44.5 Å². The molecule has 0 bridgehead atoms. The summed E-state index contributed by atoms with van der Waals surface area (Å²) >= 11 is 3.13. The molecule has 1 saturated carbocycles. The summed E-state index contributed by atoms with van der Waals surface area (Å²) in [6, 6.07) is 8.07. The number of hydrogen-bond acceptors (Lipinski definition) is 9. The molecule has 30 heavy (non-hydrogen) atoms. The van der Waals surface area contributed by atoms with Gasteiger partial charge in [-0.3, -0.25) is 0 Å². The summed E-state index contributed by atoms with van der Waals surface area (Å²) in [6.07, 6.45) is 4.27. The third-order valence-corrected chi connectivity index (χ3v) is 7.24. The van der Waals surface area contributed by atoms with Crippen LogP contribution in [0.25, 0.3) is 20.8 Å². The molecule has 7 nitrogen and oxygen atoms in total. The molecule has 158 valence electrons. The number of anilines is 1. The number of para-hydroxylation sites is 1. The molecule has 0 spiro atoms. The molecule has 2 aliphatic rings. The van der Waals surface area contributed by atoms with E-state index in [2.05, 4.69) is 16.4 Å². The zero-order chi connectivity index (χ0) is 20.9. The summed E-state index contributed by atoms with van der Waals surface area (Å²) in [6.45, 7) is 3.91. The highest BCUT2D eigenvalue weighted by Gasteiger charge is 2.53. The van der Waals surface area contributed by atoms with Crippen molar-refractivity contribution in [2.45, 2.75) is 49.5 Å². The zero-order valence-corrected chi connectivity index (χ0v) is 18.7. The fraction of sp³-hybridized carbons (Fsp3) is 0.476. The van der Waals surface area contributed by atoms with E-state index in [1.165, 1.54) is 11.8 Å². The number of fused-ring (bicyclic) bond motifs is 2. The van der Waals surface area contributed by atoms with E-state index in [0.29, 0.717) is 5.16 Å². The van der Waals surface area contributed by atoms with Crippen LogP contribution in [-0.2, 0) is 9.47 Å². The number of thiazole rings is 1. The molecular weight excluding hydrogens is 420 g/mol. The van der Waals surface area contributed by atoms with Gasteiger partial charge in [-0.05, 0) is 38.7 Å². The van der Waals surface area contributed by atoms with Gasteiger partial charge in [0.15, 0.2) is 10.9 Å². The lowest BCUT2D eigenvalue weighted by Crippen LogP contribution is -2.34. The van der Waals surface area contributed by atoms with Crippen molar-refractivity contribution in [1.29, 1.82) is 0 Å². The first-order valence-electron chi connectivity index (χ1n) is 9.97. The lowest BCUT2D eigenvalue weighted by atomic mass is 10.1. The van der Waals surface area contributed by atoms with E-state index in [0.717, 1.165) is 33.0 Å². The number of hydrogen-bond donors (Lipinski definition) is 2. The average molecular weight is 445 g/mol. The van der Waals surface area contributed by atoms with E-state index >= 15 is 0 Å². The number of ether oxygens (including phenoxy) is 2.